The summed E-state index contributed by atoms with van der Waals surface area (Å²) in [5, 5.41) is 0. The quantitative estimate of drug-likeness (QED) is 0.0522. The molecule has 2 atom stereocenters. The number of ether oxygens (including phenoxy) is 2. The third-order valence-electron chi connectivity index (χ3n) is 5.63. The van der Waals surface area contributed by atoms with E-state index in [2.05, 4.69) is 13.8 Å². The van der Waals surface area contributed by atoms with Crippen LogP contribution in [0.4, 0.5) is 0 Å². The maximum atomic E-state index is 12.3. The molecule has 0 heterocycles. The molecule has 0 saturated carbocycles. The molecular weight excluding hydrogens is 509 g/mol. The molecule has 0 amide bonds. The van der Waals surface area contributed by atoms with Crippen molar-refractivity contribution in [3.8, 4) is 0 Å². The predicted molar refractivity (Wildman–Crippen MR) is 151 cm³/mol. The number of hydrogen-bond acceptors (Lipinski definition) is 8. The Morgan fingerprint density at radius 3 is 1.84 bits per heavy atom. The number of allylic oxidation sites excluding steroid dienone is 2. The second-order valence-corrected chi connectivity index (χ2v) is 10.7. The lowest BCUT2D eigenvalue weighted by Crippen LogP contribution is -2.29. The molecular formula is C28H52NO8P. The Kier molecular flexibility index (Phi) is 24.7. The van der Waals surface area contributed by atoms with E-state index in [4.69, 9.17) is 24.3 Å². The van der Waals surface area contributed by atoms with Crippen LogP contribution in [0.3, 0.4) is 0 Å². The molecule has 222 valence electrons. The van der Waals surface area contributed by atoms with Crippen molar-refractivity contribution in [1.82, 2.24) is 0 Å². The average Bonchev–Trinajstić information content (AvgIpc) is 2.89. The Bertz CT molecular complexity index is 698. The van der Waals surface area contributed by atoms with Crippen molar-refractivity contribution in [3.63, 3.8) is 0 Å². The van der Waals surface area contributed by atoms with Gasteiger partial charge in [-0.25, -0.2) is 4.57 Å². The minimum Gasteiger partial charge on any atom is -0.461 e. The van der Waals surface area contributed by atoms with Crippen LogP contribution < -0.4 is 5.73 Å². The van der Waals surface area contributed by atoms with E-state index in [1.54, 1.807) is 12.2 Å². The summed E-state index contributed by atoms with van der Waals surface area (Å²) < 4.78 is 32.1. The average molecular weight is 562 g/mol. The Morgan fingerprint density at radius 2 is 1.29 bits per heavy atom. The fraction of sp³-hybridized carbons (Fsp3) is 0.786. The molecule has 0 rings (SSSR count). The maximum Gasteiger partial charge on any atom is 0.472 e. The van der Waals surface area contributed by atoms with Crippen LogP contribution in [0.1, 0.15) is 110 Å². The molecule has 38 heavy (non-hydrogen) atoms. The van der Waals surface area contributed by atoms with Crippen LogP contribution in [-0.4, -0.2) is 49.3 Å². The number of carbonyl (C=O) groups excluding carboxylic acids is 2. The number of esters is 2. The van der Waals surface area contributed by atoms with E-state index in [1.165, 1.54) is 51.4 Å². The first kappa shape index (κ1) is 36.5. The van der Waals surface area contributed by atoms with Gasteiger partial charge in [0.15, 0.2) is 6.10 Å². The lowest BCUT2D eigenvalue weighted by atomic mass is 10.1. The SMILES string of the molecule is CCCCCCCC=CCC(=O)O[C@H](COC(=O)CC=CCCCCCCCC)COP(=O)(O)OCCN. The van der Waals surface area contributed by atoms with E-state index in [9.17, 15) is 19.0 Å². The van der Waals surface area contributed by atoms with E-state index < -0.39 is 32.5 Å². The van der Waals surface area contributed by atoms with Gasteiger partial charge in [0.25, 0.3) is 0 Å². The molecule has 0 aromatic rings. The lowest BCUT2D eigenvalue weighted by Gasteiger charge is -2.19. The standard InChI is InChI=1S/C28H52NO8P/c1-3-5-7-9-11-13-15-16-18-20-27(30)34-24-26(25-36-38(32,33)35-23-22-29)37-28(31)21-19-17-14-12-10-8-6-4-2/h16-19,26H,3-15,20-25,29H2,1-2H3,(H,32,33)/t26-/m1/s1. The van der Waals surface area contributed by atoms with Gasteiger partial charge in [-0.3, -0.25) is 18.6 Å². The van der Waals surface area contributed by atoms with E-state index in [-0.39, 0.29) is 32.6 Å². The number of nitrogens with two attached hydrogens (primary N) is 1. The van der Waals surface area contributed by atoms with Crippen LogP contribution >= 0.6 is 7.82 Å². The molecule has 0 aliphatic heterocycles. The molecule has 9 nitrogen and oxygen atoms in total. The van der Waals surface area contributed by atoms with Crippen molar-refractivity contribution in [2.24, 2.45) is 5.73 Å². The van der Waals surface area contributed by atoms with E-state index in [1.807, 2.05) is 12.2 Å². The van der Waals surface area contributed by atoms with Gasteiger partial charge in [0.2, 0.25) is 0 Å². The summed E-state index contributed by atoms with van der Waals surface area (Å²) in [6, 6.07) is 0. The lowest BCUT2D eigenvalue weighted by molar-refractivity contribution is -0.160. The van der Waals surface area contributed by atoms with Crippen LogP contribution in [0.15, 0.2) is 24.3 Å². The number of unbranched alkanes of at least 4 members (excludes halogenated alkanes) is 11. The number of hydrogen-bond donors (Lipinski definition) is 2. The van der Waals surface area contributed by atoms with E-state index in [0.717, 1.165) is 32.1 Å². The summed E-state index contributed by atoms with van der Waals surface area (Å²) in [6.45, 7) is 3.48. The van der Waals surface area contributed by atoms with Crippen molar-refractivity contribution in [3.05, 3.63) is 24.3 Å². The Labute approximate surface area is 230 Å². The first-order chi connectivity index (χ1) is 18.3. The van der Waals surface area contributed by atoms with Crippen molar-refractivity contribution >= 4 is 19.8 Å². The van der Waals surface area contributed by atoms with Crippen LogP contribution in [-0.2, 0) is 32.7 Å². The molecule has 1 unspecified atom stereocenters. The minimum atomic E-state index is -4.37. The highest BCUT2D eigenvalue weighted by Gasteiger charge is 2.25. The number of carbonyl (C=O) groups is 2. The highest BCUT2D eigenvalue weighted by molar-refractivity contribution is 7.47. The normalized spacial score (nSPS) is 14.1. The maximum absolute atomic E-state index is 12.3. The Hall–Kier alpha value is -1.51. The zero-order chi connectivity index (χ0) is 28.3. The summed E-state index contributed by atoms with van der Waals surface area (Å²) in [4.78, 5) is 34.1. The molecule has 0 radical (unpaired) electrons. The van der Waals surface area contributed by atoms with Gasteiger partial charge >= 0.3 is 19.8 Å². The molecule has 0 fully saturated rings. The third-order valence-corrected chi connectivity index (χ3v) is 6.61. The summed E-state index contributed by atoms with van der Waals surface area (Å²) in [7, 11) is -4.37. The van der Waals surface area contributed by atoms with Gasteiger partial charge in [-0.15, -0.1) is 0 Å². The topological polar surface area (TPSA) is 134 Å². The van der Waals surface area contributed by atoms with Crippen LogP contribution in [0.5, 0.6) is 0 Å². The summed E-state index contributed by atoms with van der Waals surface area (Å²) >= 11 is 0. The monoisotopic (exact) mass is 561 g/mol. The highest BCUT2D eigenvalue weighted by atomic mass is 31.2. The zero-order valence-electron chi connectivity index (χ0n) is 23.7. The van der Waals surface area contributed by atoms with Crippen molar-refractivity contribution < 1.29 is 37.6 Å². The predicted octanol–water partition coefficient (Wildman–Crippen LogP) is 6.54. The molecule has 10 heteroatoms. The minimum absolute atomic E-state index is 0.0427. The fourth-order valence-corrected chi connectivity index (χ4v) is 4.25. The number of phosphoric acid groups is 1. The van der Waals surface area contributed by atoms with Gasteiger partial charge in [0, 0.05) is 6.54 Å². The molecule has 0 aliphatic rings. The van der Waals surface area contributed by atoms with E-state index in [0.29, 0.717) is 0 Å². The highest BCUT2D eigenvalue weighted by Crippen LogP contribution is 2.43. The smallest absolute Gasteiger partial charge is 0.461 e. The second-order valence-electron chi connectivity index (χ2n) is 9.29. The van der Waals surface area contributed by atoms with Crippen molar-refractivity contribution in [1.29, 1.82) is 0 Å². The first-order valence-electron chi connectivity index (χ1n) is 14.3. The fourth-order valence-electron chi connectivity index (χ4n) is 3.48. The number of rotatable bonds is 26. The van der Waals surface area contributed by atoms with Crippen LogP contribution in [0.25, 0.3) is 0 Å². The van der Waals surface area contributed by atoms with Gasteiger partial charge < -0.3 is 20.1 Å². The Morgan fingerprint density at radius 1 is 0.763 bits per heavy atom. The molecule has 0 spiro atoms. The van der Waals surface area contributed by atoms with Crippen LogP contribution in [0.2, 0.25) is 0 Å². The zero-order valence-corrected chi connectivity index (χ0v) is 24.5. The van der Waals surface area contributed by atoms with Gasteiger partial charge in [0.05, 0.1) is 26.1 Å². The third kappa shape index (κ3) is 24.8. The first-order valence-corrected chi connectivity index (χ1v) is 15.8. The van der Waals surface area contributed by atoms with Gasteiger partial charge in [-0.05, 0) is 25.7 Å². The van der Waals surface area contributed by atoms with Gasteiger partial charge in [-0.1, -0.05) is 95.9 Å². The number of phosphoric ester groups is 1. The molecule has 0 saturated heterocycles. The van der Waals surface area contributed by atoms with Gasteiger partial charge in [-0.2, -0.15) is 0 Å². The largest absolute Gasteiger partial charge is 0.472 e. The van der Waals surface area contributed by atoms with E-state index >= 15 is 0 Å². The summed E-state index contributed by atoms with van der Waals surface area (Å²) in [5.41, 5.74) is 5.28. The molecule has 0 aromatic heterocycles. The molecule has 0 bridgehead atoms. The van der Waals surface area contributed by atoms with Crippen molar-refractivity contribution in [2.45, 2.75) is 116 Å². The molecule has 3 N–H and O–H groups in total. The van der Waals surface area contributed by atoms with Crippen molar-refractivity contribution in [2.75, 3.05) is 26.4 Å². The summed E-state index contributed by atoms with van der Waals surface area (Å²) in [6.07, 6.45) is 21.4. The Balaban J connectivity index is 4.52. The molecule has 0 aromatic carbocycles. The molecule has 0 aliphatic carbocycles. The second kappa shape index (κ2) is 25.8. The van der Waals surface area contributed by atoms with Crippen LogP contribution in [0, 0.1) is 0 Å². The summed E-state index contributed by atoms with van der Waals surface area (Å²) in [5.74, 6) is -1.04. The van der Waals surface area contributed by atoms with Gasteiger partial charge in [0.1, 0.15) is 6.61 Å².